The first kappa shape index (κ1) is 20.7. The number of aryl methyl sites for hydroxylation is 2. The predicted molar refractivity (Wildman–Crippen MR) is 103 cm³/mol. The summed E-state index contributed by atoms with van der Waals surface area (Å²) >= 11 is 11.6. The molecule has 0 aliphatic rings. The second kappa shape index (κ2) is 8.88. The Bertz CT molecular complexity index is 895. The minimum Gasteiger partial charge on any atom is -0.345 e. The molecule has 144 valence electrons. The van der Waals surface area contributed by atoms with Crippen LogP contribution in [-0.4, -0.2) is 40.6 Å². The summed E-state index contributed by atoms with van der Waals surface area (Å²) < 4.78 is 1.65. The van der Waals surface area contributed by atoms with E-state index in [1.807, 2.05) is 6.92 Å². The summed E-state index contributed by atoms with van der Waals surface area (Å²) in [5.41, 5.74) is 2.38. The maximum absolute atomic E-state index is 12.0. The van der Waals surface area contributed by atoms with Crippen molar-refractivity contribution in [2.75, 3.05) is 18.4 Å². The number of anilines is 1. The van der Waals surface area contributed by atoms with Crippen LogP contribution in [0.2, 0.25) is 10.0 Å². The van der Waals surface area contributed by atoms with Crippen molar-refractivity contribution in [2.45, 2.75) is 13.8 Å². The number of carbonyl (C=O) groups excluding carboxylic acids is 3. The number of amides is 3. The van der Waals surface area contributed by atoms with Crippen molar-refractivity contribution < 1.29 is 14.4 Å². The Morgan fingerprint density at radius 3 is 2.30 bits per heavy atom. The molecular weight excluding hydrogens is 393 g/mol. The van der Waals surface area contributed by atoms with E-state index in [9.17, 15) is 14.4 Å². The minimum absolute atomic E-state index is 0.227. The van der Waals surface area contributed by atoms with E-state index >= 15 is 0 Å². The van der Waals surface area contributed by atoms with Gasteiger partial charge >= 0.3 is 0 Å². The van der Waals surface area contributed by atoms with Gasteiger partial charge in [0.05, 0.1) is 40.2 Å². The minimum atomic E-state index is -0.502. The molecule has 27 heavy (non-hydrogen) atoms. The summed E-state index contributed by atoms with van der Waals surface area (Å²) in [7, 11) is 1.77. The lowest BCUT2D eigenvalue weighted by Crippen LogP contribution is -2.40. The summed E-state index contributed by atoms with van der Waals surface area (Å²) in [6.45, 7) is 3.10. The van der Waals surface area contributed by atoms with Crippen molar-refractivity contribution in [1.82, 2.24) is 20.4 Å². The number of nitrogens with one attached hydrogen (secondary N) is 3. The third-order valence-electron chi connectivity index (χ3n) is 3.81. The molecule has 3 amide bonds. The molecule has 0 saturated carbocycles. The van der Waals surface area contributed by atoms with Gasteiger partial charge in [0.15, 0.2) is 0 Å². The van der Waals surface area contributed by atoms with Gasteiger partial charge in [0, 0.05) is 12.6 Å². The van der Waals surface area contributed by atoms with Gasteiger partial charge in [0.2, 0.25) is 11.8 Å². The molecule has 3 N–H and O–H groups in total. The SMILES string of the molecule is Cc1nn(C)c(C)c1NC(=O)CNC(=O)CNC(=O)c1ccc(Cl)c(Cl)c1. The van der Waals surface area contributed by atoms with Crippen LogP contribution in [0.25, 0.3) is 0 Å². The highest BCUT2D eigenvalue weighted by Crippen LogP contribution is 2.22. The highest BCUT2D eigenvalue weighted by Gasteiger charge is 2.14. The largest absolute Gasteiger partial charge is 0.345 e. The normalized spacial score (nSPS) is 10.4. The van der Waals surface area contributed by atoms with Crippen molar-refractivity contribution in [3.63, 3.8) is 0 Å². The highest BCUT2D eigenvalue weighted by atomic mass is 35.5. The monoisotopic (exact) mass is 411 g/mol. The quantitative estimate of drug-likeness (QED) is 0.673. The van der Waals surface area contributed by atoms with Gasteiger partial charge in [0.25, 0.3) is 5.91 Å². The number of halogens is 2. The molecule has 1 aromatic heterocycles. The van der Waals surface area contributed by atoms with Crippen LogP contribution < -0.4 is 16.0 Å². The zero-order chi connectivity index (χ0) is 20.1. The molecule has 8 nitrogen and oxygen atoms in total. The number of carbonyl (C=O) groups is 3. The topological polar surface area (TPSA) is 105 Å². The fourth-order valence-electron chi connectivity index (χ4n) is 2.28. The maximum atomic E-state index is 12.0. The van der Waals surface area contributed by atoms with Gasteiger partial charge in [-0.1, -0.05) is 23.2 Å². The molecule has 10 heteroatoms. The summed E-state index contributed by atoms with van der Waals surface area (Å²) in [6.07, 6.45) is 0. The summed E-state index contributed by atoms with van der Waals surface area (Å²) in [4.78, 5) is 35.8. The van der Waals surface area contributed by atoms with Gasteiger partial charge in [0.1, 0.15) is 0 Å². The van der Waals surface area contributed by atoms with Crippen LogP contribution in [0.1, 0.15) is 21.7 Å². The van der Waals surface area contributed by atoms with Crippen LogP contribution in [0.4, 0.5) is 5.69 Å². The molecule has 2 rings (SSSR count). The molecule has 0 aliphatic carbocycles. The van der Waals surface area contributed by atoms with E-state index < -0.39 is 17.7 Å². The second-order valence-electron chi connectivity index (χ2n) is 5.81. The molecule has 0 unspecified atom stereocenters. The molecule has 1 aromatic carbocycles. The molecule has 0 fully saturated rings. The smallest absolute Gasteiger partial charge is 0.251 e. The van der Waals surface area contributed by atoms with Crippen LogP contribution in [0, 0.1) is 13.8 Å². The lowest BCUT2D eigenvalue weighted by Gasteiger charge is -2.09. The van der Waals surface area contributed by atoms with Crippen LogP contribution in [0.5, 0.6) is 0 Å². The number of rotatable bonds is 6. The Morgan fingerprint density at radius 2 is 1.70 bits per heavy atom. The standard InChI is InChI=1S/C17H19Cl2N5O3/c1-9-16(10(2)24(3)23-9)22-15(26)8-20-14(25)7-21-17(27)11-4-5-12(18)13(19)6-11/h4-6H,7-8H2,1-3H3,(H,20,25)(H,21,27)(H,22,26). The zero-order valence-electron chi connectivity index (χ0n) is 15.0. The van der Waals surface area contributed by atoms with E-state index in [1.165, 1.54) is 18.2 Å². The molecule has 0 bridgehead atoms. The maximum Gasteiger partial charge on any atom is 0.251 e. The van der Waals surface area contributed by atoms with Crippen LogP contribution in [-0.2, 0) is 16.6 Å². The van der Waals surface area contributed by atoms with E-state index in [4.69, 9.17) is 23.2 Å². The molecule has 0 atom stereocenters. The molecule has 0 radical (unpaired) electrons. The van der Waals surface area contributed by atoms with E-state index in [0.29, 0.717) is 16.4 Å². The van der Waals surface area contributed by atoms with Crippen molar-refractivity contribution in [3.8, 4) is 0 Å². The second-order valence-corrected chi connectivity index (χ2v) is 6.62. The Hall–Kier alpha value is -2.58. The zero-order valence-corrected chi connectivity index (χ0v) is 16.5. The Morgan fingerprint density at radius 1 is 1.04 bits per heavy atom. The fourth-order valence-corrected chi connectivity index (χ4v) is 2.58. The van der Waals surface area contributed by atoms with Crippen molar-refractivity contribution in [3.05, 3.63) is 45.2 Å². The Labute approximate surface area is 166 Å². The van der Waals surface area contributed by atoms with Gasteiger partial charge in [-0.15, -0.1) is 0 Å². The lowest BCUT2D eigenvalue weighted by molar-refractivity contribution is -0.123. The molecule has 1 heterocycles. The van der Waals surface area contributed by atoms with E-state index in [2.05, 4.69) is 21.0 Å². The average Bonchev–Trinajstić information content (AvgIpc) is 2.86. The van der Waals surface area contributed by atoms with E-state index in [-0.39, 0.29) is 23.7 Å². The molecule has 0 saturated heterocycles. The number of hydrogen-bond donors (Lipinski definition) is 3. The van der Waals surface area contributed by atoms with Gasteiger partial charge in [-0.05, 0) is 32.0 Å². The van der Waals surface area contributed by atoms with E-state index in [0.717, 1.165) is 5.69 Å². The summed E-state index contributed by atoms with van der Waals surface area (Å²) in [6, 6.07) is 4.39. The van der Waals surface area contributed by atoms with Crippen LogP contribution in [0.15, 0.2) is 18.2 Å². The molecular formula is C17H19Cl2N5O3. The first-order valence-electron chi connectivity index (χ1n) is 7.99. The van der Waals surface area contributed by atoms with E-state index in [1.54, 1.807) is 18.7 Å². The van der Waals surface area contributed by atoms with Gasteiger partial charge in [-0.3, -0.25) is 19.1 Å². The Kier molecular flexibility index (Phi) is 6.81. The van der Waals surface area contributed by atoms with Crippen LogP contribution in [0.3, 0.4) is 0 Å². The van der Waals surface area contributed by atoms with Gasteiger partial charge in [-0.2, -0.15) is 5.10 Å². The molecule has 0 aliphatic heterocycles. The van der Waals surface area contributed by atoms with Crippen molar-refractivity contribution in [1.29, 1.82) is 0 Å². The third-order valence-corrected chi connectivity index (χ3v) is 4.55. The number of nitrogens with zero attached hydrogens (tertiary/aromatic N) is 2. The molecule has 0 spiro atoms. The first-order valence-corrected chi connectivity index (χ1v) is 8.74. The number of benzene rings is 1. The third kappa shape index (κ3) is 5.45. The number of hydrogen-bond acceptors (Lipinski definition) is 4. The predicted octanol–water partition coefficient (Wildman–Crippen LogP) is 1.83. The summed E-state index contributed by atoms with van der Waals surface area (Å²) in [5.74, 6) is -1.37. The first-order chi connectivity index (χ1) is 12.7. The lowest BCUT2D eigenvalue weighted by atomic mass is 10.2. The van der Waals surface area contributed by atoms with Crippen molar-refractivity contribution >= 4 is 46.6 Å². The summed E-state index contributed by atoms with van der Waals surface area (Å²) in [5, 5.41) is 12.4. The van der Waals surface area contributed by atoms with Crippen LogP contribution >= 0.6 is 23.2 Å². The average molecular weight is 412 g/mol. The highest BCUT2D eigenvalue weighted by molar-refractivity contribution is 6.42. The van der Waals surface area contributed by atoms with Gasteiger partial charge in [-0.25, -0.2) is 0 Å². The fraction of sp³-hybridized carbons (Fsp3) is 0.294. The molecule has 2 aromatic rings. The van der Waals surface area contributed by atoms with Crippen molar-refractivity contribution in [2.24, 2.45) is 7.05 Å². The number of aromatic nitrogens is 2. The Balaban J connectivity index is 1.79. The van der Waals surface area contributed by atoms with Gasteiger partial charge < -0.3 is 16.0 Å².